The Morgan fingerprint density at radius 3 is 2.84 bits per heavy atom. The molecule has 0 aliphatic carbocycles. The topological polar surface area (TPSA) is 58.6 Å². The van der Waals surface area contributed by atoms with E-state index in [1.165, 1.54) is 18.1 Å². The summed E-state index contributed by atoms with van der Waals surface area (Å²) < 4.78 is 0. The molecule has 0 unspecified atom stereocenters. The smallest absolute Gasteiger partial charge is 0.183 e. The zero-order valence-electron chi connectivity index (χ0n) is 10.0. The SMILES string of the molecule is O=C(CSc1ncn[nH]1)c1cccc2ccccc12. The molecule has 1 heterocycles. The Bertz CT molecular complexity index is 704. The average Bonchev–Trinajstić information content (AvgIpc) is 2.97. The van der Waals surface area contributed by atoms with Gasteiger partial charge in [0.25, 0.3) is 0 Å². The van der Waals surface area contributed by atoms with Crippen molar-refractivity contribution in [2.24, 2.45) is 0 Å². The van der Waals surface area contributed by atoms with Crippen LogP contribution in [0.15, 0.2) is 53.9 Å². The van der Waals surface area contributed by atoms with E-state index >= 15 is 0 Å². The molecule has 2 aromatic carbocycles. The van der Waals surface area contributed by atoms with E-state index in [1.54, 1.807) is 0 Å². The molecule has 3 aromatic rings. The number of benzene rings is 2. The zero-order chi connectivity index (χ0) is 13.1. The molecule has 1 aromatic heterocycles. The molecule has 0 saturated carbocycles. The van der Waals surface area contributed by atoms with Crippen molar-refractivity contribution < 1.29 is 4.79 Å². The third kappa shape index (κ3) is 2.51. The summed E-state index contributed by atoms with van der Waals surface area (Å²) >= 11 is 1.36. The van der Waals surface area contributed by atoms with Crippen LogP contribution in [0.2, 0.25) is 0 Å². The van der Waals surface area contributed by atoms with Gasteiger partial charge in [-0.05, 0) is 10.8 Å². The first kappa shape index (κ1) is 11.9. The second-order valence-corrected chi connectivity index (χ2v) is 4.99. The van der Waals surface area contributed by atoms with Crippen molar-refractivity contribution in [3.63, 3.8) is 0 Å². The summed E-state index contributed by atoms with van der Waals surface area (Å²) in [6, 6.07) is 13.7. The molecule has 94 valence electrons. The summed E-state index contributed by atoms with van der Waals surface area (Å²) in [4.78, 5) is 16.3. The number of aromatic amines is 1. The fourth-order valence-corrected chi connectivity index (χ4v) is 2.61. The Morgan fingerprint density at radius 1 is 1.16 bits per heavy atom. The molecule has 19 heavy (non-hydrogen) atoms. The van der Waals surface area contributed by atoms with Crippen LogP contribution in [0.5, 0.6) is 0 Å². The Morgan fingerprint density at radius 2 is 2.00 bits per heavy atom. The minimum absolute atomic E-state index is 0.0956. The number of thioether (sulfide) groups is 1. The fraction of sp³-hybridized carbons (Fsp3) is 0.0714. The van der Waals surface area contributed by atoms with Gasteiger partial charge in [-0.15, -0.1) is 0 Å². The largest absolute Gasteiger partial charge is 0.293 e. The van der Waals surface area contributed by atoms with E-state index < -0.39 is 0 Å². The van der Waals surface area contributed by atoms with Gasteiger partial charge < -0.3 is 0 Å². The molecule has 4 nitrogen and oxygen atoms in total. The third-order valence-corrected chi connectivity index (χ3v) is 3.70. The number of Topliss-reactive ketones (excluding diaryl/α,β-unsaturated/α-hetero) is 1. The van der Waals surface area contributed by atoms with Gasteiger partial charge >= 0.3 is 0 Å². The molecule has 3 rings (SSSR count). The van der Waals surface area contributed by atoms with Gasteiger partial charge in [-0.1, -0.05) is 54.2 Å². The molecule has 0 aliphatic rings. The summed E-state index contributed by atoms with van der Waals surface area (Å²) in [5, 5.41) is 9.22. The number of carbonyl (C=O) groups excluding carboxylic acids is 1. The minimum atomic E-state index is 0.0956. The van der Waals surface area contributed by atoms with Crippen molar-refractivity contribution in [2.75, 3.05) is 5.75 Å². The van der Waals surface area contributed by atoms with Crippen molar-refractivity contribution in [3.05, 3.63) is 54.4 Å². The van der Waals surface area contributed by atoms with Crippen LogP contribution in [0.4, 0.5) is 0 Å². The van der Waals surface area contributed by atoms with Gasteiger partial charge in [-0.2, -0.15) is 5.10 Å². The maximum absolute atomic E-state index is 12.3. The number of ketones is 1. The van der Waals surface area contributed by atoms with Gasteiger partial charge in [0.05, 0.1) is 5.75 Å². The van der Waals surface area contributed by atoms with E-state index in [1.807, 2.05) is 42.5 Å². The lowest BCUT2D eigenvalue weighted by Crippen LogP contribution is -2.03. The maximum atomic E-state index is 12.3. The second kappa shape index (κ2) is 5.24. The van der Waals surface area contributed by atoms with Crippen LogP contribution in [0, 0.1) is 0 Å². The van der Waals surface area contributed by atoms with Gasteiger partial charge in [0.15, 0.2) is 10.9 Å². The number of fused-ring (bicyclic) bond motifs is 1. The quantitative estimate of drug-likeness (QED) is 0.584. The first-order chi connectivity index (χ1) is 9.34. The highest BCUT2D eigenvalue weighted by molar-refractivity contribution is 7.99. The maximum Gasteiger partial charge on any atom is 0.183 e. The van der Waals surface area contributed by atoms with Gasteiger partial charge in [0.2, 0.25) is 0 Å². The first-order valence-electron chi connectivity index (χ1n) is 5.84. The normalized spacial score (nSPS) is 10.7. The second-order valence-electron chi connectivity index (χ2n) is 4.03. The van der Waals surface area contributed by atoms with Gasteiger partial charge in [-0.3, -0.25) is 9.89 Å². The predicted octanol–water partition coefficient (Wildman–Crippen LogP) is 2.93. The lowest BCUT2D eigenvalue weighted by molar-refractivity contribution is 0.102. The monoisotopic (exact) mass is 269 g/mol. The minimum Gasteiger partial charge on any atom is -0.293 e. The van der Waals surface area contributed by atoms with Crippen molar-refractivity contribution in [3.8, 4) is 0 Å². The lowest BCUT2D eigenvalue weighted by atomic mass is 10.0. The fourth-order valence-electron chi connectivity index (χ4n) is 1.94. The molecule has 0 aliphatic heterocycles. The van der Waals surface area contributed by atoms with E-state index in [-0.39, 0.29) is 5.78 Å². The number of hydrogen-bond acceptors (Lipinski definition) is 4. The molecule has 0 atom stereocenters. The van der Waals surface area contributed by atoms with E-state index in [4.69, 9.17) is 0 Å². The number of carbonyl (C=O) groups is 1. The molecule has 1 N–H and O–H groups in total. The zero-order valence-corrected chi connectivity index (χ0v) is 10.9. The molecule has 0 amide bonds. The number of aromatic nitrogens is 3. The van der Waals surface area contributed by atoms with Crippen molar-refractivity contribution >= 4 is 28.3 Å². The van der Waals surface area contributed by atoms with Crippen molar-refractivity contribution in [1.29, 1.82) is 0 Å². The van der Waals surface area contributed by atoms with Crippen LogP contribution < -0.4 is 0 Å². The molecule has 0 fully saturated rings. The van der Waals surface area contributed by atoms with Crippen molar-refractivity contribution in [2.45, 2.75) is 5.16 Å². The Kier molecular flexibility index (Phi) is 3.29. The summed E-state index contributed by atoms with van der Waals surface area (Å²) in [5.41, 5.74) is 0.755. The van der Waals surface area contributed by atoms with Crippen LogP contribution >= 0.6 is 11.8 Å². The van der Waals surface area contributed by atoms with Crippen LogP contribution in [-0.2, 0) is 0 Å². The standard InChI is InChI=1S/C14H11N3OS/c18-13(8-19-14-15-9-16-17-14)12-7-3-5-10-4-1-2-6-11(10)12/h1-7,9H,8H2,(H,15,16,17). The van der Waals surface area contributed by atoms with E-state index in [9.17, 15) is 4.79 Å². The van der Waals surface area contributed by atoms with Gasteiger partial charge in [0.1, 0.15) is 6.33 Å². The summed E-state index contributed by atoms with van der Waals surface area (Å²) in [7, 11) is 0. The first-order valence-corrected chi connectivity index (χ1v) is 6.82. The van der Waals surface area contributed by atoms with Crippen LogP contribution in [0.3, 0.4) is 0 Å². The summed E-state index contributed by atoms with van der Waals surface area (Å²) in [6.07, 6.45) is 1.44. The van der Waals surface area contributed by atoms with Crippen molar-refractivity contribution in [1.82, 2.24) is 15.2 Å². The summed E-state index contributed by atoms with van der Waals surface area (Å²) in [5.74, 6) is 0.446. The van der Waals surface area contributed by atoms with Crippen LogP contribution in [0.1, 0.15) is 10.4 Å². The van der Waals surface area contributed by atoms with Gasteiger partial charge in [-0.25, -0.2) is 4.98 Å². The highest BCUT2D eigenvalue weighted by Crippen LogP contribution is 2.21. The summed E-state index contributed by atoms with van der Waals surface area (Å²) in [6.45, 7) is 0. The van der Waals surface area contributed by atoms with E-state index in [0.29, 0.717) is 10.9 Å². The molecule has 5 heteroatoms. The van der Waals surface area contributed by atoms with Gasteiger partial charge in [0, 0.05) is 5.56 Å². The molecular weight excluding hydrogens is 258 g/mol. The number of H-pyrrole nitrogens is 1. The van der Waals surface area contributed by atoms with E-state index in [2.05, 4.69) is 15.2 Å². The molecule has 0 spiro atoms. The Labute approximate surface area is 114 Å². The molecule has 0 radical (unpaired) electrons. The number of rotatable bonds is 4. The lowest BCUT2D eigenvalue weighted by Gasteiger charge is -2.04. The number of nitrogens with one attached hydrogen (secondary N) is 1. The third-order valence-electron chi connectivity index (χ3n) is 2.82. The molecule has 0 saturated heterocycles. The predicted molar refractivity (Wildman–Crippen MR) is 75.4 cm³/mol. The molecular formula is C14H11N3OS. The average molecular weight is 269 g/mol. The highest BCUT2D eigenvalue weighted by atomic mass is 32.2. The highest BCUT2D eigenvalue weighted by Gasteiger charge is 2.10. The number of nitrogens with zero attached hydrogens (tertiary/aromatic N) is 2. The Hall–Kier alpha value is -2.14. The van der Waals surface area contributed by atoms with Crippen LogP contribution in [0.25, 0.3) is 10.8 Å². The molecule has 0 bridgehead atoms. The number of hydrogen-bond donors (Lipinski definition) is 1. The van der Waals surface area contributed by atoms with Crippen LogP contribution in [-0.4, -0.2) is 26.7 Å². The Balaban J connectivity index is 1.85. The van der Waals surface area contributed by atoms with E-state index in [0.717, 1.165) is 16.3 Å².